The van der Waals surface area contributed by atoms with E-state index in [-0.39, 0.29) is 5.69 Å². The van der Waals surface area contributed by atoms with Gasteiger partial charge in [0.05, 0.1) is 19.0 Å². The highest BCUT2D eigenvalue weighted by molar-refractivity contribution is 6.30. The highest BCUT2D eigenvalue weighted by atomic mass is 35.5. The summed E-state index contributed by atoms with van der Waals surface area (Å²) < 4.78 is 6.62. The smallest absolute Gasteiger partial charge is 0.364 e. The van der Waals surface area contributed by atoms with E-state index in [1.54, 1.807) is 13.3 Å². The van der Waals surface area contributed by atoms with Crippen LogP contribution in [-0.4, -0.2) is 59.5 Å². The molecule has 0 radical (unpaired) electrons. The molecule has 3 aromatic rings. The Hall–Kier alpha value is -2.90. The van der Waals surface area contributed by atoms with Crippen molar-refractivity contribution in [2.24, 2.45) is 0 Å². The van der Waals surface area contributed by atoms with Gasteiger partial charge in [-0.3, -0.25) is 4.90 Å². The van der Waals surface area contributed by atoms with E-state index < -0.39 is 0 Å². The molecule has 0 N–H and O–H groups in total. The maximum Gasteiger partial charge on any atom is 0.364 e. The predicted octanol–water partition coefficient (Wildman–Crippen LogP) is 3.96. The Balaban J connectivity index is 1.17. The molecule has 174 valence electrons. The van der Waals surface area contributed by atoms with Crippen molar-refractivity contribution in [3.8, 4) is 17.0 Å². The van der Waals surface area contributed by atoms with Gasteiger partial charge in [-0.15, -0.1) is 0 Å². The molecular formula is C25H30ClN5O2. The van der Waals surface area contributed by atoms with Gasteiger partial charge in [-0.1, -0.05) is 24.1 Å². The summed E-state index contributed by atoms with van der Waals surface area (Å²) in [5, 5.41) is 5.10. The van der Waals surface area contributed by atoms with Crippen LogP contribution in [0.25, 0.3) is 11.3 Å². The number of piperazine rings is 1. The Morgan fingerprint density at radius 2 is 1.73 bits per heavy atom. The van der Waals surface area contributed by atoms with Gasteiger partial charge in [0.25, 0.3) is 0 Å². The number of anilines is 1. The maximum atomic E-state index is 12.4. The van der Waals surface area contributed by atoms with Crippen LogP contribution in [0.15, 0.2) is 59.5 Å². The number of aryl methyl sites for hydroxylation is 1. The zero-order valence-electron chi connectivity index (χ0n) is 19.0. The number of unbranched alkanes of at least 4 members (excludes halogenated alkanes) is 2. The van der Waals surface area contributed by atoms with Gasteiger partial charge in [-0.05, 0) is 61.9 Å². The van der Waals surface area contributed by atoms with Gasteiger partial charge >= 0.3 is 5.69 Å². The van der Waals surface area contributed by atoms with Crippen molar-refractivity contribution < 1.29 is 4.74 Å². The summed E-state index contributed by atoms with van der Waals surface area (Å²) in [6.07, 6.45) is 4.74. The number of benzene rings is 2. The van der Waals surface area contributed by atoms with Crippen molar-refractivity contribution in [3.63, 3.8) is 0 Å². The standard InChI is InChI=1S/C25H30ClN5O2/c1-33-23-10-8-20(9-11-23)24-19-27-31(25(32)28-24)13-4-2-3-12-29-14-16-30(17-15-29)22-7-5-6-21(26)18-22/h5-11,18-19H,2-4,12-17H2,1H3. The molecule has 0 saturated carbocycles. The second-order valence-electron chi connectivity index (χ2n) is 8.25. The molecule has 1 aliphatic heterocycles. The molecule has 2 aromatic carbocycles. The molecule has 1 aromatic heterocycles. The number of hydrogen-bond donors (Lipinski definition) is 0. The van der Waals surface area contributed by atoms with Crippen molar-refractivity contribution >= 4 is 17.3 Å². The number of nitrogens with zero attached hydrogens (tertiary/aromatic N) is 5. The van der Waals surface area contributed by atoms with Crippen LogP contribution in [0.5, 0.6) is 5.75 Å². The monoisotopic (exact) mass is 467 g/mol. The Morgan fingerprint density at radius 3 is 2.42 bits per heavy atom. The molecule has 2 heterocycles. The number of ether oxygens (including phenoxy) is 1. The largest absolute Gasteiger partial charge is 0.497 e. The summed E-state index contributed by atoms with van der Waals surface area (Å²) in [5.41, 5.74) is 2.32. The van der Waals surface area contributed by atoms with E-state index in [1.807, 2.05) is 42.5 Å². The fourth-order valence-electron chi connectivity index (χ4n) is 4.09. The lowest BCUT2D eigenvalue weighted by Crippen LogP contribution is -2.46. The fraction of sp³-hybridized carbons (Fsp3) is 0.400. The minimum atomic E-state index is -0.305. The van der Waals surface area contributed by atoms with Crippen LogP contribution >= 0.6 is 11.6 Å². The van der Waals surface area contributed by atoms with E-state index >= 15 is 0 Å². The minimum Gasteiger partial charge on any atom is -0.497 e. The molecule has 0 bridgehead atoms. The van der Waals surface area contributed by atoms with Crippen LogP contribution in [0, 0.1) is 0 Å². The third kappa shape index (κ3) is 6.33. The van der Waals surface area contributed by atoms with Crippen molar-refractivity contribution in [2.45, 2.75) is 25.8 Å². The zero-order chi connectivity index (χ0) is 23.0. The molecule has 1 fully saturated rings. The van der Waals surface area contributed by atoms with Crippen molar-refractivity contribution in [1.29, 1.82) is 0 Å². The zero-order valence-corrected chi connectivity index (χ0v) is 19.7. The molecular weight excluding hydrogens is 438 g/mol. The first kappa shape index (κ1) is 23.3. The van der Waals surface area contributed by atoms with E-state index in [0.29, 0.717) is 12.2 Å². The molecule has 1 saturated heterocycles. The average molecular weight is 468 g/mol. The third-order valence-corrected chi connectivity index (χ3v) is 6.27. The average Bonchev–Trinajstić information content (AvgIpc) is 2.85. The van der Waals surface area contributed by atoms with Gasteiger partial charge in [0.1, 0.15) is 5.75 Å². The van der Waals surface area contributed by atoms with E-state index in [2.05, 4.69) is 25.9 Å². The van der Waals surface area contributed by atoms with Crippen LogP contribution in [0.3, 0.4) is 0 Å². The topological polar surface area (TPSA) is 63.5 Å². The van der Waals surface area contributed by atoms with Crippen LogP contribution < -0.4 is 15.3 Å². The van der Waals surface area contributed by atoms with Gasteiger partial charge in [0.15, 0.2) is 0 Å². The predicted molar refractivity (Wildman–Crippen MR) is 132 cm³/mol. The Morgan fingerprint density at radius 1 is 0.970 bits per heavy atom. The van der Waals surface area contributed by atoms with E-state index in [0.717, 1.165) is 68.3 Å². The van der Waals surface area contributed by atoms with E-state index in [1.165, 1.54) is 10.4 Å². The molecule has 0 unspecified atom stereocenters. The van der Waals surface area contributed by atoms with Crippen LogP contribution in [0.1, 0.15) is 19.3 Å². The summed E-state index contributed by atoms with van der Waals surface area (Å²) in [4.78, 5) is 21.5. The Bertz CT molecular complexity index is 1090. The lowest BCUT2D eigenvalue weighted by atomic mass is 10.1. The summed E-state index contributed by atoms with van der Waals surface area (Å²) in [5.74, 6) is 0.767. The molecule has 0 aliphatic carbocycles. The molecule has 0 spiro atoms. The Kier molecular flexibility index (Phi) is 7.96. The quantitative estimate of drug-likeness (QED) is 0.444. The van der Waals surface area contributed by atoms with E-state index in [4.69, 9.17) is 16.3 Å². The summed E-state index contributed by atoms with van der Waals surface area (Å²) in [6.45, 7) is 5.84. The van der Waals surface area contributed by atoms with Gasteiger partial charge < -0.3 is 9.64 Å². The number of aromatic nitrogens is 3. The number of halogens is 1. The SMILES string of the molecule is COc1ccc(-c2cnn(CCCCCN3CCN(c4cccc(Cl)c4)CC3)c(=O)n2)cc1. The molecule has 0 amide bonds. The van der Waals surface area contributed by atoms with Crippen molar-refractivity contribution in [1.82, 2.24) is 19.7 Å². The van der Waals surface area contributed by atoms with Gasteiger partial charge in [-0.2, -0.15) is 10.1 Å². The highest BCUT2D eigenvalue weighted by Crippen LogP contribution is 2.21. The maximum absolute atomic E-state index is 12.4. The second kappa shape index (κ2) is 11.3. The first-order chi connectivity index (χ1) is 16.1. The number of methoxy groups -OCH3 is 1. The fourth-order valence-corrected chi connectivity index (χ4v) is 4.28. The van der Waals surface area contributed by atoms with Crippen molar-refractivity contribution in [3.05, 3.63) is 70.2 Å². The Labute approximate surface area is 199 Å². The molecule has 8 heteroatoms. The third-order valence-electron chi connectivity index (χ3n) is 6.03. The number of hydrogen-bond acceptors (Lipinski definition) is 6. The molecule has 33 heavy (non-hydrogen) atoms. The second-order valence-corrected chi connectivity index (χ2v) is 8.68. The van der Waals surface area contributed by atoms with E-state index in [9.17, 15) is 4.79 Å². The first-order valence-corrected chi connectivity index (χ1v) is 11.8. The number of rotatable bonds is 9. The van der Waals surface area contributed by atoms with Crippen LogP contribution in [0.2, 0.25) is 5.02 Å². The molecule has 7 nitrogen and oxygen atoms in total. The molecule has 4 rings (SSSR count). The van der Waals surface area contributed by atoms with Crippen LogP contribution in [0.4, 0.5) is 5.69 Å². The van der Waals surface area contributed by atoms with Gasteiger partial charge in [0, 0.05) is 49.0 Å². The van der Waals surface area contributed by atoms with Crippen LogP contribution in [-0.2, 0) is 6.54 Å². The summed E-state index contributed by atoms with van der Waals surface area (Å²) in [6, 6.07) is 15.5. The first-order valence-electron chi connectivity index (χ1n) is 11.4. The lowest BCUT2D eigenvalue weighted by Gasteiger charge is -2.36. The van der Waals surface area contributed by atoms with Crippen molar-refractivity contribution in [2.75, 3.05) is 44.7 Å². The van der Waals surface area contributed by atoms with Gasteiger partial charge in [0.2, 0.25) is 0 Å². The van der Waals surface area contributed by atoms with Gasteiger partial charge in [-0.25, -0.2) is 9.48 Å². The molecule has 0 atom stereocenters. The summed E-state index contributed by atoms with van der Waals surface area (Å²) >= 11 is 6.12. The normalized spacial score (nSPS) is 14.4. The molecule has 1 aliphatic rings. The highest BCUT2D eigenvalue weighted by Gasteiger charge is 2.16. The summed E-state index contributed by atoms with van der Waals surface area (Å²) in [7, 11) is 1.62. The minimum absolute atomic E-state index is 0.305. The lowest BCUT2D eigenvalue weighted by molar-refractivity contribution is 0.251.